The zero-order valence-electron chi connectivity index (χ0n) is 42.1. The Morgan fingerprint density at radius 2 is 1.65 bits per heavy atom. The number of fused-ring (bicyclic) bond motifs is 5. The molecule has 5 heterocycles. The van der Waals surface area contributed by atoms with Gasteiger partial charge in [-0.2, -0.15) is 12.6 Å². The number of H-pyrrole nitrogens is 1. The van der Waals surface area contributed by atoms with Gasteiger partial charge in [0, 0.05) is 61.6 Å². The molecule has 1 aromatic heterocycles. The highest BCUT2D eigenvalue weighted by atomic mass is 32.2. The van der Waals surface area contributed by atoms with Crippen molar-refractivity contribution in [2.45, 2.75) is 137 Å². The van der Waals surface area contributed by atoms with E-state index in [9.17, 15) is 63.3 Å². The van der Waals surface area contributed by atoms with E-state index in [1.807, 2.05) is 0 Å². The minimum Gasteiger partial charge on any atom is -0.494 e. The molecule has 11 unspecified atom stereocenters. The van der Waals surface area contributed by atoms with Crippen molar-refractivity contribution in [3.8, 4) is 5.75 Å². The van der Waals surface area contributed by atoms with E-state index in [0.29, 0.717) is 59.7 Å². The number of nitrogens with zero attached hydrogens (tertiary/aromatic N) is 2. The van der Waals surface area contributed by atoms with Crippen LogP contribution >= 0.6 is 24.4 Å². The van der Waals surface area contributed by atoms with Gasteiger partial charge in [-0.15, -0.1) is 11.8 Å². The zero-order valence-corrected chi connectivity index (χ0v) is 43.8. The average molecular weight is 1090 g/mol. The number of nitrogens with one attached hydrogen (secondary N) is 8. The first-order valence-electron chi connectivity index (χ1n) is 25.2. The van der Waals surface area contributed by atoms with E-state index in [1.54, 1.807) is 32.0 Å². The van der Waals surface area contributed by atoms with Gasteiger partial charge in [0.25, 0.3) is 5.91 Å². The Hall–Kier alpha value is -6.00. The predicted molar refractivity (Wildman–Crippen MR) is 274 cm³/mol. The van der Waals surface area contributed by atoms with Gasteiger partial charge in [0.1, 0.15) is 29.9 Å². The molecule has 27 heteroatoms. The van der Waals surface area contributed by atoms with Gasteiger partial charge in [0.2, 0.25) is 47.3 Å². The molecule has 0 spiro atoms. The average Bonchev–Trinajstić information content (AvgIpc) is 4.00. The summed E-state index contributed by atoms with van der Waals surface area (Å²) in [6.45, 7) is 3.59. The van der Waals surface area contributed by atoms with Crippen LogP contribution in [-0.2, 0) is 49.6 Å². The Bertz CT molecular complexity index is 2480. The molecule has 1 aromatic carbocycles. The number of urea groups is 1. The number of hydrogen-bond donors (Lipinski definition) is 13. The first-order chi connectivity index (χ1) is 35.7. The first-order valence-corrected chi connectivity index (χ1v) is 26.7. The van der Waals surface area contributed by atoms with Crippen LogP contribution in [0.15, 0.2) is 23.2 Å². The summed E-state index contributed by atoms with van der Waals surface area (Å²) in [6.07, 6.45) is -0.399. The summed E-state index contributed by atoms with van der Waals surface area (Å²) in [6, 6.07) is -4.21. The van der Waals surface area contributed by atoms with Gasteiger partial charge in [-0.1, -0.05) is 40.0 Å². The Kier molecular flexibility index (Phi) is 20.7. The topological polar surface area (TPSA) is 373 Å². The highest BCUT2D eigenvalue weighted by Gasteiger charge is 2.42. The predicted octanol–water partition coefficient (Wildman–Crippen LogP) is -2.58. The molecular weight excluding hydrogens is 1020 g/mol. The molecule has 13 N–H and O–H groups in total. The van der Waals surface area contributed by atoms with Crippen LogP contribution in [0.2, 0.25) is 0 Å². The van der Waals surface area contributed by atoms with Crippen molar-refractivity contribution in [3.63, 3.8) is 0 Å². The van der Waals surface area contributed by atoms with E-state index in [4.69, 9.17) is 10.5 Å². The number of carbonyl (C=O) groups excluding carboxylic acids is 10. The summed E-state index contributed by atoms with van der Waals surface area (Å²) >= 11 is 5.18. The molecule has 412 valence electrons. The molecule has 25 nitrogen and oxygen atoms in total. The third-order valence-corrected chi connectivity index (χ3v) is 15.5. The minimum absolute atomic E-state index is 0.0270. The number of amides is 11. The monoisotopic (exact) mass is 1090 g/mol. The van der Waals surface area contributed by atoms with E-state index < -0.39 is 132 Å². The Morgan fingerprint density at radius 3 is 2.35 bits per heavy atom. The van der Waals surface area contributed by atoms with Gasteiger partial charge in [-0.25, -0.2) is 4.79 Å². The normalized spacial score (nSPS) is 27.1. The molecule has 2 saturated heterocycles. The number of carbonyl (C=O) groups is 10. The van der Waals surface area contributed by atoms with Crippen LogP contribution in [0.5, 0.6) is 5.75 Å². The lowest BCUT2D eigenvalue weighted by atomic mass is 9.94. The number of unbranched alkanes of at least 4 members (excludes halogenated alkanes) is 3. The molecular formula is C48H69N11O14S2. The number of aromatic amines is 1. The summed E-state index contributed by atoms with van der Waals surface area (Å²) in [7, 11) is 0. The van der Waals surface area contributed by atoms with Crippen LogP contribution in [0.3, 0.4) is 0 Å². The number of thiol groups is 1. The lowest BCUT2D eigenvalue weighted by Crippen LogP contribution is -2.60. The van der Waals surface area contributed by atoms with E-state index in [1.165, 1.54) is 16.7 Å². The number of benzene rings is 1. The second-order valence-electron chi connectivity index (χ2n) is 19.5. The third kappa shape index (κ3) is 15.1. The maximum absolute atomic E-state index is 14.7. The lowest BCUT2D eigenvalue weighted by molar-refractivity contribution is -0.139. The zero-order chi connectivity index (χ0) is 54.7. The van der Waals surface area contributed by atoms with E-state index in [-0.39, 0.29) is 49.9 Å². The van der Waals surface area contributed by atoms with E-state index in [0.717, 1.165) is 24.6 Å². The van der Waals surface area contributed by atoms with E-state index >= 15 is 0 Å². The summed E-state index contributed by atoms with van der Waals surface area (Å²) in [4.78, 5) is 141. The number of imide groups is 2. The SMILES string of the molecule is CCC(C)C1NC(=O)NC(=O)C2Cc3c([nH]c4cc(OCCCCCCN5C(=O)CC(S)C5=O)ccc34)SCC(NC(=O)CNC1=O)C(=O)NC(CC(N)=O)C(=O)N1CC(O)CC1CNC(C(C)C(O)CO)C(=O)N2. The molecule has 4 aliphatic heterocycles. The second-order valence-corrected chi connectivity index (χ2v) is 21.2. The molecule has 0 radical (unpaired) electrons. The number of likely N-dealkylation sites (tertiary alicyclic amines) is 1. The number of ether oxygens (including phenoxy) is 1. The van der Waals surface area contributed by atoms with Gasteiger partial charge < -0.3 is 67.6 Å². The fraction of sp³-hybridized carbons (Fsp3) is 0.625. The number of hydrogen-bond acceptors (Lipinski definition) is 17. The van der Waals surface area contributed by atoms with Crippen LogP contribution in [0.25, 0.3) is 10.9 Å². The number of aliphatic hydroxyl groups is 3. The van der Waals surface area contributed by atoms with Crippen molar-refractivity contribution in [2.75, 3.05) is 45.1 Å². The summed E-state index contributed by atoms with van der Waals surface area (Å²) in [5.74, 6) is -8.16. The first kappa shape index (κ1) is 58.3. The maximum atomic E-state index is 14.7. The standard InChI is InChI=1S/C48H69N11O14S2/c1-4-23(2)39-43(68)51-19-37(64)52-33-22-75-45-29(28-10-9-27(14-30(28)55-45)73-12-8-6-5-7-11-58-38(65)17-35(74)47(58)71)15-31(41(66)57-48(72)56-39)53-44(69)40(24(3)34(62)21-60)50-18-25-13-26(61)20-59(25)46(70)32(16-36(49)63)54-42(33)67/h9-10,14,23-26,31-35,39-40,50,55,60-62,74H,4-8,11-13,15-22H2,1-3H3,(H2,49,63)(H,51,68)(H,52,64)(H,53,69)(H,54,67)(H2,56,57,66,72). The molecule has 2 fully saturated rings. The number of aliphatic hydroxyl groups excluding tert-OH is 3. The summed E-state index contributed by atoms with van der Waals surface area (Å²) < 4.78 is 6.11. The van der Waals surface area contributed by atoms with Gasteiger partial charge >= 0.3 is 6.03 Å². The molecule has 75 heavy (non-hydrogen) atoms. The third-order valence-electron chi connectivity index (χ3n) is 14.0. The number of thioether (sulfide) groups is 1. The largest absolute Gasteiger partial charge is 0.494 e. The van der Waals surface area contributed by atoms with Crippen molar-refractivity contribution in [1.29, 1.82) is 0 Å². The number of primary amides is 1. The molecule has 0 saturated carbocycles. The minimum atomic E-state index is -1.60. The molecule has 4 aliphatic rings. The highest BCUT2D eigenvalue weighted by molar-refractivity contribution is 7.99. The molecule has 2 bridgehead atoms. The fourth-order valence-electron chi connectivity index (χ4n) is 9.47. The lowest BCUT2D eigenvalue weighted by Gasteiger charge is -2.33. The second kappa shape index (κ2) is 26.7. The van der Waals surface area contributed by atoms with Gasteiger partial charge in [-0.3, -0.25) is 53.4 Å². The van der Waals surface area contributed by atoms with Crippen molar-refractivity contribution in [3.05, 3.63) is 23.8 Å². The van der Waals surface area contributed by atoms with Crippen molar-refractivity contribution in [1.82, 2.24) is 52.0 Å². The van der Waals surface area contributed by atoms with Crippen LogP contribution in [0, 0.1) is 11.8 Å². The molecule has 6 rings (SSSR count). The van der Waals surface area contributed by atoms with Crippen LogP contribution < -0.4 is 47.7 Å². The molecule has 0 aliphatic carbocycles. The molecule has 11 atom stereocenters. The highest BCUT2D eigenvalue weighted by Crippen LogP contribution is 2.34. The van der Waals surface area contributed by atoms with Gasteiger partial charge in [-0.05, 0) is 42.9 Å². The smallest absolute Gasteiger partial charge is 0.322 e. The summed E-state index contributed by atoms with van der Waals surface area (Å²) in [5, 5.41) is 50.1. The van der Waals surface area contributed by atoms with Crippen LogP contribution in [0.1, 0.15) is 77.7 Å². The maximum Gasteiger partial charge on any atom is 0.322 e. The van der Waals surface area contributed by atoms with Gasteiger partial charge in [0.15, 0.2) is 0 Å². The Balaban J connectivity index is 1.39. The fourth-order valence-corrected chi connectivity index (χ4v) is 10.9. The van der Waals surface area contributed by atoms with Crippen molar-refractivity contribution >= 4 is 94.5 Å². The number of rotatable bonds is 15. The number of nitrogens with two attached hydrogens (primary N) is 1. The Morgan fingerprint density at radius 1 is 0.907 bits per heavy atom. The van der Waals surface area contributed by atoms with Crippen LogP contribution in [-0.4, -0.2) is 188 Å². The summed E-state index contributed by atoms with van der Waals surface area (Å²) in [5.41, 5.74) is 6.48. The van der Waals surface area contributed by atoms with Gasteiger partial charge in [0.05, 0.1) is 60.2 Å². The van der Waals surface area contributed by atoms with Crippen LogP contribution in [0.4, 0.5) is 4.79 Å². The molecule has 2 aromatic rings. The van der Waals surface area contributed by atoms with Crippen molar-refractivity contribution < 1.29 is 68.0 Å². The van der Waals surface area contributed by atoms with Crippen molar-refractivity contribution in [2.24, 2.45) is 17.6 Å². The van der Waals surface area contributed by atoms with E-state index in [2.05, 4.69) is 54.8 Å². The Labute approximate surface area is 442 Å². The quantitative estimate of drug-likeness (QED) is 0.0495. The molecule has 11 amide bonds. The number of aromatic nitrogens is 1.